The highest BCUT2D eigenvalue weighted by Gasteiger charge is 2.21. The molecule has 10 heteroatoms. The smallest absolute Gasteiger partial charge is 0.258 e. The van der Waals surface area contributed by atoms with Crippen LogP contribution in [0.4, 0.5) is 11.4 Å². The van der Waals surface area contributed by atoms with Crippen LogP contribution >= 0.6 is 11.8 Å². The number of rotatable bonds is 12. The molecule has 3 N–H and O–H groups in total. The van der Waals surface area contributed by atoms with Crippen LogP contribution in [0.25, 0.3) is 0 Å². The first kappa shape index (κ1) is 25.5. The SMILES string of the molecule is CCS(=O)(=O)Nc1ccc(NC(=O)C(CCSC)NC(=O)COc2ccccc2)cc1C. The predicted octanol–water partition coefficient (Wildman–Crippen LogP) is 3.01. The lowest BCUT2D eigenvalue weighted by molar-refractivity contribution is -0.127. The number of aryl methyl sites for hydroxylation is 1. The number of carbonyl (C=O) groups is 2. The zero-order valence-corrected chi connectivity index (χ0v) is 20.0. The molecule has 0 heterocycles. The highest BCUT2D eigenvalue weighted by Crippen LogP contribution is 2.21. The summed E-state index contributed by atoms with van der Waals surface area (Å²) in [5, 5.41) is 5.52. The fraction of sp³-hybridized carbons (Fsp3) is 0.364. The molecule has 0 fully saturated rings. The van der Waals surface area contributed by atoms with Crippen molar-refractivity contribution >= 4 is 45.0 Å². The van der Waals surface area contributed by atoms with E-state index in [1.54, 1.807) is 55.9 Å². The Morgan fingerprint density at radius 2 is 1.84 bits per heavy atom. The van der Waals surface area contributed by atoms with E-state index in [1.807, 2.05) is 24.5 Å². The van der Waals surface area contributed by atoms with Gasteiger partial charge in [-0.25, -0.2) is 8.42 Å². The summed E-state index contributed by atoms with van der Waals surface area (Å²) in [6.45, 7) is 3.11. The van der Waals surface area contributed by atoms with Crippen molar-refractivity contribution in [2.75, 3.05) is 34.4 Å². The third-order valence-corrected chi connectivity index (χ3v) is 6.45. The molecule has 0 aliphatic rings. The van der Waals surface area contributed by atoms with Gasteiger partial charge in [0.15, 0.2) is 6.61 Å². The maximum absolute atomic E-state index is 12.8. The van der Waals surface area contributed by atoms with E-state index in [2.05, 4.69) is 15.4 Å². The van der Waals surface area contributed by atoms with Crippen molar-refractivity contribution in [2.24, 2.45) is 0 Å². The number of para-hydroxylation sites is 1. The Morgan fingerprint density at radius 3 is 2.47 bits per heavy atom. The van der Waals surface area contributed by atoms with Gasteiger partial charge >= 0.3 is 0 Å². The maximum atomic E-state index is 12.8. The van der Waals surface area contributed by atoms with Gasteiger partial charge in [0, 0.05) is 5.69 Å². The van der Waals surface area contributed by atoms with E-state index in [-0.39, 0.29) is 18.3 Å². The summed E-state index contributed by atoms with van der Waals surface area (Å²) in [6, 6.07) is 13.1. The van der Waals surface area contributed by atoms with Gasteiger partial charge in [-0.1, -0.05) is 18.2 Å². The first-order chi connectivity index (χ1) is 15.2. The second-order valence-corrected chi connectivity index (χ2v) is 10.0. The lowest BCUT2D eigenvalue weighted by Gasteiger charge is -2.19. The highest BCUT2D eigenvalue weighted by atomic mass is 32.2. The average molecular weight is 480 g/mol. The standard InChI is InChI=1S/C22H29N3O5S2/c1-4-32(28,29)25-19-11-10-17(14-16(19)2)23-22(27)20(12-13-31-3)24-21(26)15-30-18-8-6-5-7-9-18/h5-11,14,20,25H,4,12-13,15H2,1-3H3,(H,23,27)(H,24,26). The van der Waals surface area contributed by atoms with Crippen LogP contribution in [0.5, 0.6) is 5.75 Å². The van der Waals surface area contributed by atoms with E-state index in [0.29, 0.717) is 34.9 Å². The number of sulfonamides is 1. The third kappa shape index (κ3) is 8.43. The number of thioether (sulfide) groups is 1. The minimum absolute atomic E-state index is 0.0320. The van der Waals surface area contributed by atoms with E-state index in [9.17, 15) is 18.0 Å². The van der Waals surface area contributed by atoms with E-state index in [1.165, 1.54) is 0 Å². The molecule has 2 aromatic rings. The molecule has 0 aliphatic carbocycles. The second-order valence-electron chi connectivity index (χ2n) is 7.03. The molecule has 1 atom stereocenters. The molecule has 0 saturated carbocycles. The molecule has 32 heavy (non-hydrogen) atoms. The fourth-order valence-electron chi connectivity index (χ4n) is 2.73. The average Bonchev–Trinajstić information content (AvgIpc) is 2.77. The highest BCUT2D eigenvalue weighted by molar-refractivity contribution is 7.98. The Morgan fingerprint density at radius 1 is 1.12 bits per heavy atom. The summed E-state index contributed by atoms with van der Waals surface area (Å²) in [7, 11) is -3.39. The molecule has 2 aromatic carbocycles. The molecule has 2 rings (SSSR count). The number of carbonyl (C=O) groups excluding carboxylic acids is 2. The molecule has 0 saturated heterocycles. The van der Waals surface area contributed by atoms with Gasteiger partial charge in [0.2, 0.25) is 15.9 Å². The first-order valence-electron chi connectivity index (χ1n) is 10.1. The molecule has 1 unspecified atom stereocenters. The van der Waals surface area contributed by atoms with Crippen molar-refractivity contribution in [3.63, 3.8) is 0 Å². The van der Waals surface area contributed by atoms with Crippen LogP contribution in [-0.2, 0) is 19.6 Å². The predicted molar refractivity (Wildman–Crippen MR) is 130 cm³/mol. The molecule has 0 spiro atoms. The van der Waals surface area contributed by atoms with Gasteiger partial charge in [0.05, 0.1) is 11.4 Å². The van der Waals surface area contributed by atoms with E-state index in [4.69, 9.17) is 4.74 Å². The van der Waals surface area contributed by atoms with Gasteiger partial charge in [-0.15, -0.1) is 0 Å². The van der Waals surface area contributed by atoms with Crippen molar-refractivity contribution in [3.05, 3.63) is 54.1 Å². The molecule has 0 bridgehead atoms. The zero-order chi connectivity index (χ0) is 23.6. The largest absolute Gasteiger partial charge is 0.484 e. The minimum Gasteiger partial charge on any atom is -0.484 e. The van der Waals surface area contributed by atoms with Gasteiger partial charge in [-0.2, -0.15) is 11.8 Å². The van der Waals surface area contributed by atoms with E-state index < -0.39 is 22.0 Å². The monoisotopic (exact) mass is 479 g/mol. The van der Waals surface area contributed by atoms with Gasteiger partial charge in [0.25, 0.3) is 5.91 Å². The molecule has 0 aliphatic heterocycles. The normalized spacial score (nSPS) is 12.0. The van der Waals surface area contributed by atoms with E-state index >= 15 is 0 Å². The van der Waals surface area contributed by atoms with E-state index in [0.717, 1.165) is 0 Å². The Bertz CT molecular complexity index is 1010. The quantitative estimate of drug-likeness (QED) is 0.431. The number of ether oxygens (including phenoxy) is 1. The minimum atomic E-state index is -3.39. The molecule has 174 valence electrons. The van der Waals surface area contributed by atoms with Crippen LogP contribution in [-0.4, -0.2) is 50.6 Å². The van der Waals surface area contributed by atoms with Crippen molar-refractivity contribution < 1.29 is 22.7 Å². The summed E-state index contributed by atoms with van der Waals surface area (Å²) in [4.78, 5) is 25.1. The van der Waals surface area contributed by atoms with Gasteiger partial charge in [0.1, 0.15) is 11.8 Å². The number of hydrogen-bond acceptors (Lipinski definition) is 6. The summed E-state index contributed by atoms with van der Waals surface area (Å²) in [5.41, 5.74) is 1.63. The zero-order valence-electron chi connectivity index (χ0n) is 18.4. The van der Waals surface area contributed by atoms with Crippen LogP contribution < -0.4 is 20.1 Å². The van der Waals surface area contributed by atoms with Crippen molar-refractivity contribution in [3.8, 4) is 5.75 Å². The number of benzene rings is 2. The number of nitrogens with one attached hydrogen (secondary N) is 3. The summed E-state index contributed by atoms with van der Waals surface area (Å²) >= 11 is 1.58. The van der Waals surface area contributed by atoms with Gasteiger partial charge < -0.3 is 15.4 Å². The second kappa shape index (κ2) is 12.4. The van der Waals surface area contributed by atoms with Crippen LogP contribution in [0.15, 0.2) is 48.5 Å². The molecular weight excluding hydrogens is 450 g/mol. The summed E-state index contributed by atoms with van der Waals surface area (Å²) in [6.07, 6.45) is 2.38. The lowest BCUT2D eigenvalue weighted by atomic mass is 10.1. The van der Waals surface area contributed by atoms with Crippen LogP contribution in [0.1, 0.15) is 18.9 Å². The van der Waals surface area contributed by atoms with Crippen molar-refractivity contribution in [1.82, 2.24) is 5.32 Å². The van der Waals surface area contributed by atoms with Crippen LogP contribution in [0.2, 0.25) is 0 Å². The Labute approximate surface area is 193 Å². The lowest BCUT2D eigenvalue weighted by Crippen LogP contribution is -2.45. The van der Waals surface area contributed by atoms with Crippen LogP contribution in [0, 0.1) is 6.92 Å². The molecule has 2 amide bonds. The third-order valence-electron chi connectivity index (χ3n) is 4.51. The van der Waals surface area contributed by atoms with Gasteiger partial charge in [-0.05, 0) is 68.2 Å². The molecular formula is C22H29N3O5S2. The topological polar surface area (TPSA) is 114 Å². The maximum Gasteiger partial charge on any atom is 0.258 e. The van der Waals surface area contributed by atoms with Gasteiger partial charge in [-0.3, -0.25) is 14.3 Å². The van der Waals surface area contributed by atoms with Crippen molar-refractivity contribution in [1.29, 1.82) is 0 Å². The van der Waals surface area contributed by atoms with Crippen LogP contribution in [0.3, 0.4) is 0 Å². The summed E-state index contributed by atoms with van der Waals surface area (Å²) in [5.74, 6) is 0.482. The molecule has 8 nitrogen and oxygen atoms in total. The Hall–Kier alpha value is -2.72. The van der Waals surface area contributed by atoms with Crippen molar-refractivity contribution in [2.45, 2.75) is 26.3 Å². The fourth-order valence-corrected chi connectivity index (χ4v) is 3.91. The Balaban J connectivity index is 2.00. The number of anilines is 2. The summed E-state index contributed by atoms with van der Waals surface area (Å²) < 4.78 is 31.5. The first-order valence-corrected chi connectivity index (χ1v) is 13.2. The number of hydrogen-bond donors (Lipinski definition) is 3. The number of amides is 2. The molecule has 0 radical (unpaired) electrons. The molecule has 0 aromatic heterocycles. The Kier molecular flexibility index (Phi) is 9.86.